The van der Waals surface area contributed by atoms with E-state index in [0.29, 0.717) is 16.7 Å². The number of hydrogen-bond acceptors (Lipinski definition) is 6. The highest BCUT2D eigenvalue weighted by Crippen LogP contribution is 2.20. The van der Waals surface area contributed by atoms with Crippen molar-refractivity contribution in [3.05, 3.63) is 57.8 Å². The molecule has 21 heavy (non-hydrogen) atoms. The molecule has 3 rings (SSSR count). The van der Waals surface area contributed by atoms with E-state index in [-0.39, 0.29) is 12.4 Å². The van der Waals surface area contributed by atoms with Gasteiger partial charge in [0.2, 0.25) is 18.0 Å². The van der Waals surface area contributed by atoms with E-state index in [2.05, 4.69) is 15.1 Å². The molecule has 0 bridgehead atoms. The molecule has 9 heteroatoms. The number of nitrogens with zero attached hydrogens (tertiary/aromatic N) is 5. The largest absolute Gasteiger partial charge is 0.381 e. The van der Waals surface area contributed by atoms with Crippen LogP contribution in [0.15, 0.2) is 41.3 Å². The van der Waals surface area contributed by atoms with E-state index in [9.17, 15) is 10.1 Å². The Morgan fingerprint density at radius 1 is 1.43 bits per heavy atom. The molecule has 106 valence electrons. The fraction of sp³-hybridized carbons (Fsp3) is 0.0833. The van der Waals surface area contributed by atoms with Crippen LogP contribution in [0.4, 0.5) is 5.82 Å². The summed E-state index contributed by atoms with van der Waals surface area (Å²) in [5.74, 6) is 0.490. The van der Waals surface area contributed by atoms with Crippen LogP contribution in [-0.4, -0.2) is 24.6 Å². The van der Waals surface area contributed by atoms with Crippen LogP contribution >= 0.6 is 11.6 Å². The van der Waals surface area contributed by atoms with E-state index < -0.39 is 4.92 Å². The topological polar surface area (TPSA) is 99.9 Å². The standard InChI is InChI=1S/C12H8ClN5O3/c13-9-3-1-2-8(4-9)12-15-11(21-16-12)6-17-5-10(14-7-17)18(19)20/h1-5,7H,6H2. The van der Waals surface area contributed by atoms with Crippen LogP contribution in [0.2, 0.25) is 5.02 Å². The summed E-state index contributed by atoms with van der Waals surface area (Å²) >= 11 is 5.90. The highest BCUT2D eigenvalue weighted by Gasteiger charge is 2.13. The first-order valence-electron chi connectivity index (χ1n) is 5.86. The molecule has 0 atom stereocenters. The minimum Gasteiger partial charge on any atom is -0.358 e. The second-order valence-electron chi connectivity index (χ2n) is 4.18. The van der Waals surface area contributed by atoms with Crippen molar-refractivity contribution < 1.29 is 9.45 Å². The molecule has 0 unspecified atom stereocenters. The Bertz CT molecular complexity index is 798. The van der Waals surface area contributed by atoms with Crippen molar-refractivity contribution in [1.29, 1.82) is 0 Å². The maximum atomic E-state index is 10.6. The van der Waals surface area contributed by atoms with Gasteiger partial charge in [0.05, 0.1) is 0 Å². The minimum absolute atomic E-state index is 0.203. The third-order valence-corrected chi connectivity index (χ3v) is 2.91. The number of imidazole rings is 1. The zero-order valence-corrected chi connectivity index (χ0v) is 11.3. The molecule has 0 saturated heterocycles. The van der Waals surface area contributed by atoms with Gasteiger partial charge >= 0.3 is 5.82 Å². The van der Waals surface area contributed by atoms with Crippen molar-refractivity contribution in [2.45, 2.75) is 6.54 Å². The molecule has 0 N–H and O–H groups in total. The number of rotatable bonds is 4. The van der Waals surface area contributed by atoms with E-state index >= 15 is 0 Å². The first kappa shape index (κ1) is 13.3. The molecule has 0 saturated carbocycles. The molecule has 0 aliphatic rings. The van der Waals surface area contributed by atoms with Crippen molar-refractivity contribution in [2.24, 2.45) is 0 Å². The summed E-state index contributed by atoms with van der Waals surface area (Å²) in [5, 5.41) is 15.0. The second-order valence-corrected chi connectivity index (χ2v) is 4.62. The van der Waals surface area contributed by atoms with Gasteiger partial charge in [-0.15, -0.1) is 0 Å². The van der Waals surface area contributed by atoms with Gasteiger partial charge in [-0.2, -0.15) is 4.98 Å². The van der Waals surface area contributed by atoms with E-state index in [1.165, 1.54) is 17.1 Å². The Morgan fingerprint density at radius 2 is 2.29 bits per heavy atom. The number of hydrogen-bond donors (Lipinski definition) is 0. The van der Waals surface area contributed by atoms with Crippen LogP contribution in [0.3, 0.4) is 0 Å². The molecule has 8 nitrogen and oxygen atoms in total. The van der Waals surface area contributed by atoms with Gasteiger partial charge < -0.3 is 19.2 Å². The quantitative estimate of drug-likeness (QED) is 0.542. The van der Waals surface area contributed by atoms with Gasteiger partial charge in [0, 0.05) is 10.6 Å². The van der Waals surface area contributed by atoms with Crippen LogP contribution in [-0.2, 0) is 6.54 Å². The molecule has 0 aliphatic carbocycles. The zero-order valence-electron chi connectivity index (χ0n) is 10.5. The lowest BCUT2D eigenvalue weighted by Crippen LogP contribution is -1.96. The Morgan fingerprint density at radius 3 is 3.00 bits per heavy atom. The molecule has 3 aromatic rings. The van der Waals surface area contributed by atoms with E-state index in [4.69, 9.17) is 16.1 Å². The lowest BCUT2D eigenvalue weighted by molar-refractivity contribution is -0.389. The van der Waals surface area contributed by atoms with Crippen LogP contribution in [0, 0.1) is 10.1 Å². The number of benzene rings is 1. The summed E-state index contributed by atoms with van der Waals surface area (Å²) in [4.78, 5) is 17.8. The van der Waals surface area contributed by atoms with Crippen LogP contribution < -0.4 is 0 Å². The molecule has 0 radical (unpaired) electrons. The maximum Gasteiger partial charge on any atom is 0.381 e. The van der Waals surface area contributed by atoms with Crippen molar-refractivity contribution in [3.63, 3.8) is 0 Å². The maximum absolute atomic E-state index is 10.6. The summed E-state index contributed by atoms with van der Waals surface area (Å²) in [6.07, 6.45) is 2.63. The van der Waals surface area contributed by atoms with Gasteiger partial charge in [-0.25, -0.2) is 0 Å². The highest BCUT2D eigenvalue weighted by atomic mass is 35.5. The summed E-state index contributed by atoms with van der Waals surface area (Å²) in [7, 11) is 0. The fourth-order valence-electron chi connectivity index (χ4n) is 1.75. The summed E-state index contributed by atoms with van der Waals surface area (Å²) in [5.41, 5.74) is 0.731. The van der Waals surface area contributed by atoms with Crippen LogP contribution in [0.5, 0.6) is 0 Å². The molecule has 2 heterocycles. The van der Waals surface area contributed by atoms with Gasteiger partial charge in [0.25, 0.3) is 0 Å². The fourth-order valence-corrected chi connectivity index (χ4v) is 1.94. The Labute approximate surface area is 123 Å². The van der Waals surface area contributed by atoms with E-state index in [1.54, 1.807) is 18.2 Å². The van der Waals surface area contributed by atoms with Gasteiger partial charge in [0.1, 0.15) is 12.7 Å². The van der Waals surface area contributed by atoms with Crippen molar-refractivity contribution in [3.8, 4) is 11.4 Å². The second kappa shape index (κ2) is 5.33. The van der Waals surface area contributed by atoms with Gasteiger partial charge in [-0.05, 0) is 22.0 Å². The number of aromatic nitrogens is 4. The van der Waals surface area contributed by atoms with Crippen molar-refractivity contribution in [2.75, 3.05) is 0 Å². The van der Waals surface area contributed by atoms with Gasteiger partial charge in [0.15, 0.2) is 0 Å². The molecule has 0 amide bonds. The Hall–Kier alpha value is -2.74. The van der Waals surface area contributed by atoms with E-state index in [0.717, 1.165) is 5.56 Å². The highest BCUT2D eigenvalue weighted by molar-refractivity contribution is 6.30. The average Bonchev–Trinajstić information content (AvgIpc) is 3.08. The first-order chi connectivity index (χ1) is 10.1. The van der Waals surface area contributed by atoms with Crippen LogP contribution in [0.25, 0.3) is 11.4 Å². The predicted molar refractivity (Wildman–Crippen MR) is 72.7 cm³/mol. The molecular weight excluding hydrogens is 298 g/mol. The summed E-state index contributed by atoms with van der Waals surface area (Å²) < 4.78 is 6.60. The predicted octanol–water partition coefficient (Wildman–Crippen LogP) is 2.54. The summed E-state index contributed by atoms with van der Waals surface area (Å²) in [6.45, 7) is 0.203. The third-order valence-electron chi connectivity index (χ3n) is 2.68. The lowest BCUT2D eigenvalue weighted by atomic mass is 10.2. The minimum atomic E-state index is -0.568. The molecule has 0 aliphatic heterocycles. The van der Waals surface area contributed by atoms with Crippen molar-refractivity contribution in [1.82, 2.24) is 19.7 Å². The van der Waals surface area contributed by atoms with Crippen LogP contribution in [0.1, 0.15) is 5.89 Å². The normalized spacial score (nSPS) is 10.7. The third kappa shape index (κ3) is 2.90. The molecule has 0 spiro atoms. The SMILES string of the molecule is O=[N+]([O-])c1cn(Cc2nc(-c3cccc(Cl)c3)no2)cn1. The number of nitro groups is 1. The summed E-state index contributed by atoms with van der Waals surface area (Å²) in [6, 6.07) is 7.06. The zero-order chi connectivity index (χ0) is 14.8. The molecule has 2 aromatic heterocycles. The van der Waals surface area contributed by atoms with E-state index in [1.807, 2.05) is 6.07 Å². The Balaban J connectivity index is 1.80. The average molecular weight is 306 g/mol. The number of halogens is 1. The molecule has 1 aromatic carbocycles. The lowest BCUT2D eigenvalue weighted by Gasteiger charge is -1.94. The van der Waals surface area contributed by atoms with Crippen molar-refractivity contribution >= 4 is 17.4 Å². The smallest absolute Gasteiger partial charge is 0.358 e. The monoisotopic (exact) mass is 305 g/mol. The Kier molecular flexibility index (Phi) is 3.36. The van der Waals surface area contributed by atoms with Gasteiger partial charge in [-0.3, -0.25) is 0 Å². The first-order valence-corrected chi connectivity index (χ1v) is 6.24. The molecular formula is C12H8ClN5O3. The molecule has 0 fully saturated rings. The van der Waals surface area contributed by atoms with Gasteiger partial charge in [-0.1, -0.05) is 28.9 Å².